The van der Waals surface area contributed by atoms with Gasteiger partial charge in [-0.25, -0.2) is 0 Å². The Labute approximate surface area is 196 Å². The molecule has 0 saturated carbocycles. The molecule has 1 amide bonds. The minimum Gasteiger partial charge on any atom is -0.497 e. The van der Waals surface area contributed by atoms with Gasteiger partial charge in [-0.3, -0.25) is 4.79 Å². The highest BCUT2D eigenvalue weighted by Crippen LogP contribution is 2.31. The number of benzene rings is 2. The molecule has 1 heterocycles. The molecule has 0 saturated heterocycles. The van der Waals surface area contributed by atoms with E-state index in [1.165, 1.54) is 11.8 Å². The molecule has 0 radical (unpaired) electrons. The van der Waals surface area contributed by atoms with Crippen molar-refractivity contribution in [3.8, 4) is 11.5 Å². The van der Waals surface area contributed by atoms with Gasteiger partial charge in [0.25, 0.3) is 0 Å². The molecule has 7 nitrogen and oxygen atoms in total. The highest BCUT2D eigenvalue weighted by Gasteiger charge is 2.21. The van der Waals surface area contributed by atoms with E-state index in [-0.39, 0.29) is 5.91 Å². The van der Waals surface area contributed by atoms with E-state index in [1.54, 1.807) is 50.3 Å². The standard InChI is InChI=1S/C23H26N4O3S2/c1-5-13-27-21(15-31-18-9-7-6-8-10-18)25-26-23(27)32-16(2)22(28)24-19-14-17(29-3)11-12-20(19)30-4/h5-12,14,16H,1,13,15H2,2-4H3,(H,24,28). The van der Waals surface area contributed by atoms with E-state index in [2.05, 4.69) is 34.2 Å². The summed E-state index contributed by atoms with van der Waals surface area (Å²) in [4.78, 5) is 14.0. The van der Waals surface area contributed by atoms with Crippen LogP contribution in [0.2, 0.25) is 0 Å². The van der Waals surface area contributed by atoms with Gasteiger partial charge in [0.2, 0.25) is 5.91 Å². The summed E-state index contributed by atoms with van der Waals surface area (Å²) in [5, 5.41) is 11.9. The number of ether oxygens (including phenoxy) is 2. The number of amides is 1. The predicted octanol–water partition coefficient (Wildman–Crippen LogP) is 4.89. The summed E-state index contributed by atoms with van der Waals surface area (Å²) in [5.41, 5.74) is 0.553. The lowest BCUT2D eigenvalue weighted by Gasteiger charge is -2.15. The van der Waals surface area contributed by atoms with Crippen molar-refractivity contribution >= 4 is 35.1 Å². The van der Waals surface area contributed by atoms with Gasteiger partial charge in [0.15, 0.2) is 5.16 Å². The SMILES string of the molecule is C=CCn1c(CSc2ccccc2)nnc1SC(C)C(=O)Nc1cc(OC)ccc1OC. The molecule has 0 aliphatic rings. The van der Waals surface area contributed by atoms with Gasteiger partial charge in [0.05, 0.1) is 30.9 Å². The van der Waals surface area contributed by atoms with Gasteiger partial charge in [-0.15, -0.1) is 28.5 Å². The first-order valence-electron chi connectivity index (χ1n) is 9.96. The number of aromatic nitrogens is 3. The highest BCUT2D eigenvalue weighted by molar-refractivity contribution is 8.00. The maximum absolute atomic E-state index is 12.9. The average molecular weight is 471 g/mol. The molecule has 1 aromatic heterocycles. The van der Waals surface area contributed by atoms with Gasteiger partial charge in [-0.2, -0.15) is 0 Å². The van der Waals surface area contributed by atoms with E-state index in [1.807, 2.05) is 29.7 Å². The van der Waals surface area contributed by atoms with Crippen LogP contribution in [-0.2, 0) is 17.1 Å². The van der Waals surface area contributed by atoms with Gasteiger partial charge < -0.3 is 19.4 Å². The third kappa shape index (κ3) is 6.08. The van der Waals surface area contributed by atoms with Crippen LogP contribution in [0.5, 0.6) is 11.5 Å². The van der Waals surface area contributed by atoms with Gasteiger partial charge in [-0.1, -0.05) is 36.0 Å². The van der Waals surface area contributed by atoms with Crippen LogP contribution in [0, 0.1) is 0 Å². The second kappa shape index (κ2) is 11.6. The molecule has 0 aliphatic carbocycles. The summed E-state index contributed by atoms with van der Waals surface area (Å²) in [5.74, 6) is 2.53. The van der Waals surface area contributed by atoms with Crippen molar-refractivity contribution in [1.29, 1.82) is 0 Å². The summed E-state index contributed by atoms with van der Waals surface area (Å²) in [6, 6.07) is 15.4. The maximum atomic E-state index is 12.9. The normalized spacial score (nSPS) is 11.6. The number of anilines is 1. The van der Waals surface area contributed by atoms with Crippen molar-refractivity contribution in [3.05, 3.63) is 67.0 Å². The monoisotopic (exact) mass is 470 g/mol. The number of methoxy groups -OCH3 is 2. The van der Waals surface area contributed by atoms with Crippen LogP contribution in [0.1, 0.15) is 12.7 Å². The lowest BCUT2D eigenvalue weighted by Crippen LogP contribution is -2.23. The van der Waals surface area contributed by atoms with Gasteiger partial charge in [0, 0.05) is 17.5 Å². The number of carbonyl (C=O) groups is 1. The first-order chi connectivity index (χ1) is 15.5. The van der Waals surface area contributed by atoms with Gasteiger partial charge in [-0.05, 0) is 31.2 Å². The van der Waals surface area contributed by atoms with Crippen molar-refractivity contribution < 1.29 is 14.3 Å². The van der Waals surface area contributed by atoms with Crippen LogP contribution in [0.3, 0.4) is 0 Å². The largest absolute Gasteiger partial charge is 0.497 e. The zero-order valence-corrected chi connectivity index (χ0v) is 19.9. The fourth-order valence-corrected chi connectivity index (χ4v) is 4.58. The average Bonchev–Trinajstić information content (AvgIpc) is 3.19. The first kappa shape index (κ1) is 23.7. The molecule has 32 heavy (non-hydrogen) atoms. The van der Waals surface area contributed by atoms with E-state index < -0.39 is 5.25 Å². The van der Waals surface area contributed by atoms with E-state index in [4.69, 9.17) is 9.47 Å². The number of thioether (sulfide) groups is 2. The number of carbonyl (C=O) groups excluding carboxylic acids is 1. The summed E-state index contributed by atoms with van der Waals surface area (Å²) in [7, 11) is 3.13. The van der Waals surface area contributed by atoms with Crippen LogP contribution >= 0.6 is 23.5 Å². The van der Waals surface area contributed by atoms with Crippen molar-refractivity contribution in [2.75, 3.05) is 19.5 Å². The molecule has 3 aromatic rings. The number of hydrogen-bond acceptors (Lipinski definition) is 7. The van der Waals surface area contributed by atoms with Gasteiger partial charge in [0.1, 0.15) is 17.3 Å². The Bertz CT molecular complexity index is 1060. The molecule has 1 unspecified atom stereocenters. The Morgan fingerprint density at radius 1 is 1.19 bits per heavy atom. The molecule has 1 atom stereocenters. The summed E-state index contributed by atoms with van der Waals surface area (Å²) in [6.45, 7) is 6.24. The molecule has 3 rings (SSSR count). The fraction of sp³-hybridized carbons (Fsp3) is 0.261. The minimum atomic E-state index is -0.409. The first-order valence-corrected chi connectivity index (χ1v) is 11.8. The zero-order valence-electron chi connectivity index (χ0n) is 18.3. The Hall–Kier alpha value is -2.91. The quantitative estimate of drug-likeness (QED) is 0.316. The van der Waals surface area contributed by atoms with Crippen molar-refractivity contribution in [2.45, 2.75) is 34.5 Å². The number of allylic oxidation sites excluding steroid dienone is 1. The zero-order chi connectivity index (χ0) is 22.9. The predicted molar refractivity (Wildman–Crippen MR) is 130 cm³/mol. The molecule has 0 bridgehead atoms. The Balaban J connectivity index is 1.70. The van der Waals surface area contributed by atoms with Crippen molar-refractivity contribution in [1.82, 2.24) is 14.8 Å². The van der Waals surface area contributed by atoms with E-state index in [0.717, 1.165) is 10.7 Å². The summed E-state index contributed by atoms with van der Waals surface area (Å²) in [6.07, 6.45) is 1.80. The minimum absolute atomic E-state index is 0.171. The van der Waals surface area contributed by atoms with Crippen LogP contribution in [0.25, 0.3) is 0 Å². The topological polar surface area (TPSA) is 78.3 Å². The van der Waals surface area contributed by atoms with Crippen LogP contribution in [-0.4, -0.2) is 40.1 Å². The number of rotatable bonds is 11. The molecule has 9 heteroatoms. The number of nitrogens with one attached hydrogen (secondary N) is 1. The third-order valence-electron chi connectivity index (χ3n) is 4.53. The van der Waals surface area contributed by atoms with Crippen LogP contribution in [0.15, 0.2) is 71.2 Å². The second-order valence-electron chi connectivity index (χ2n) is 6.72. The molecule has 0 spiro atoms. The van der Waals surface area contributed by atoms with E-state index in [9.17, 15) is 4.79 Å². The lowest BCUT2D eigenvalue weighted by atomic mass is 10.2. The maximum Gasteiger partial charge on any atom is 0.237 e. The highest BCUT2D eigenvalue weighted by atomic mass is 32.2. The summed E-state index contributed by atoms with van der Waals surface area (Å²) < 4.78 is 12.6. The number of hydrogen-bond donors (Lipinski definition) is 1. The number of nitrogens with zero attached hydrogens (tertiary/aromatic N) is 3. The molecule has 168 valence electrons. The van der Waals surface area contributed by atoms with Crippen molar-refractivity contribution in [2.24, 2.45) is 0 Å². The third-order valence-corrected chi connectivity index (χ3v) is 6.62. The molecule has 0 fully saturated rings. The fourth-order valence-electron chi connectivity index (χ4n) is 2.85. The molecular formula is C23H26N4O3S2. The van der Waals surface area contributed by atoms with E-state index in [0.29, 0.717) is 34.6 Å². The summed E-state index contributed by atoms with van der Waals surface area (Å²) >= 11 is 3.04. The molecule has 2 aromatic carbocycles. The van der Waals surface area contributed by atoms with Gasteiger partial charge >= 0.3 is 0 Å². The lowest BCUT2D eigenvalue weighted by molar-refractivity contribution is -0.115. The van der Waals surface area contributed by atoms with Crippen molar-refractivity contribution in [3.63, 3.8) is 0 Å². The smallest absolute Gasteiger partial charge is 0.237 e. The molecular weight excluding hydrogens is 444 g/mol. The molecule has 0 aliphatic heterocycles. The van der Waals surface area contributed by atoms with Crippen LogP contribution < -0.4 is 14.8 Å². The van der Waals surface area contributed by atoms with Crippen LogP contribution in [0.4, 0.5) is 5.69 Å². The Kier molecular flexibility index (Phi) is 8.64. The Morgan fingerprint density at radius 2 is 1.97 bits per heavy atom. The van der Waals surface area contributed by atoms with E-state index >= 15 is 0 Å². The Morgan fingerprint density at radius 3 is 2.66 bits per heavy atom. The molecule has 1 N–H and O–H groups in total. The second-order valence-corrected chi connectivity index (χ2v) is 9.07.